The zero-order chi connectivity index (χ0) is 20.8. The number of carboxylic acids is 1. The molecule has 1 aliphatic carbocycles. The highest BCUT2D eigenvalue weighted by atomic mass is 19.1. The number of hydrogen-bond donors (Lipinski definition) is 1. The SMILES string of the molecule is O=C(O)[C@@H]1CC[C@H](c2nc3cc(F)ccc3c3nc(=O)c(-c4ccccc4)nn23)C1. The number of carbonyl (C=O) groups is 1. The summed E-state index contributed by atoms with van der Waals surface area (Å²) in [6, 6.07) is 13.1. The third-order valence-electron chi connectivity index (χ3n) is 5.66. The summed E-state index contributed by atoms with van der Waals surface area (Å²) in [6.07, 6.45) is 1.56. The molecule has 2 atom stereocenters. The molecule has 0 aliphatic heterocycles. The second kappa shape index (κ2) is 6.98. The molecule has 1 fully saturated rings. The highest BCUT2D eigenvalue weighted by Gasteiger charge is 2.33. The van der Waals surface area contributed by atoms with Crippen LogP contribution in [0.1, 0.15) is 31.0 Å². The first-order chi connectivity index (χ1) is 14.5. The van der Waals surface area contributed by atoms with Gasteiger partial charge in [-0.25, -0.2) is 9.37 Å². The maximum Gasteiger partial charge on any atom is 0.306 e. The van der Waals surface area contributed by atoms with Gasteiger partial charge in [0.1, 0.15) is 11.6 Å². The van der Waals surface area contributed by atoms with Crippen molar-refractivity contribution in [3.63, 3.8) is 0 Å². The number of hydrogen-bond acceptors (Lipinski definition) is 5. The van der Waals surface area contributed by atoms with E-state index in [1.165, 1.54) is 22.7 Å². The van der Waals surface area contributed by atoms with Crippen molar-refractivity contribution >= 4 is 22.5 Å². The lowest BCUT2D eigenvalue weighted by Gasteiger charge is -2.15. The number of carboxylic acid groups (broad SMARTS) is 1. The molecule has 5 rings (SSSR count). The number of aliphatic carboxylic acids is 1. The first-order valence-electron chi connectivity index (χ1n) is 9.70. The lowest BCUT2D eigenvalue weighted by molar-refractivity contribution is -0.141. The van der Waals surface area contributed by atoms with Crippen molar-refractivity contribution in [2.45, 2.75) is 25.2 Å². The third kappa shape index (κ3) is 3.01. The van der Waals surface area contributed by atoms with Crippen molar-refractivity contribution in [2.75, 3.05) is 0 Å². The number of rotatable bonds is 3. The Labute approximate surface area is 169 Å². The zero-order valence-corrected chi connectivity index (χ0v) is 15.8. The van der Waals surface area contributed by atoms with E-state index in [4.69, 9.17) is 0 Å². The van der Waals surface area contributed by atoms with Crippen molar-refractivity contribution in [3.8, 4) is 11.3 Å². The Hall–Kier alpha value is -3.68. The molecule has 0 radical (unpaired) electrons. The molecular weight excluding hydrogens is 387 g/mol. The van der Waals surface area contributed by atoms with Gasteiger partial charge in [0.25, 0.3) is 5.56 Å². The van der Waals surface area contributed by atoms with Gasteiger partial charge in [-0.3, -0.25) is 9.59 Å². The van der Waals surface area contributed by atoms with E-state index < -0.39 is 23.3 Å². The number of benzene rings is 2. The first kappa shape index (κ1) is 18.4. The average Bonchev–Trinajstić information content (AvgIpc) is 3.23. The molecule has 7 nitrogen and oxygen atoms in total. The fourth-order valence-electron chi connectivity index (χ4n) is 4.16. The Morgan fingerprint density at radius 1 is 1.10 bits per heavy atom. The Morgan fingerprint density at radius 3 is 2.63 bits per heavy atom. The molecule has 4 aromatic rings. The van der Waals surface area contributed by atoms with Gasteiger partial charge in [-0.05, 0) is 31.4 Å². The summed E-state index contributed by atoms with van der Waals surface area (Å²) in [7, 11) is 0. The molecule has 2 aromatic carbocycles. The number of fused-ring (bicyclic) bond motifs is 3. The smallest absolute Gasteiger partial charge is 0.306 e. The van der Waals surface area contributed by atoms with Crippen molar-refractivity contribution in [1.29, 1.82) is 0 Å². The minimum Gasteiger partial charge on any atom is -0.481 e. The summed E-state index contributed by atoms with van der Waals surface area (Å²) < 4.78 is 15.4. The van der Waals surface area contributed by atoms with Crippen LogP contribution in [-0.2, 0) is 4.79 Å². The second-order valence-electron chi connectivity index (χ2n) is 7.54. The number of nitrogens with zero attached hydrogens (tertiary/aromatic N) is 4. The lowest BCUT2D eigenvalue weighted by Crippen LogP contribution is -2.20. The molecule has 150 valence electrons. The quantitative estimate of drug-likeness (QED) is 0.526. The van der Waals surface area contributed by atoms with E-state index in [9.17, 15) is 19.1 Å². The monoisotopic (exact) mass is 404 g/mol. The van der Waals surface area contributed by atoms with Crippen LogP contribution in [0.5, 0.6) is 0 Å². The van der Waals surface area contributed by atoms with Gasteiger partial charge in [-0.2, -0.15) is 14.6 Å². The molecule has 1 aliphatic rings. The van der Waals surface area contributed by atoms with Crippen molar-refractivity contribution in [3.05, 3.63) is 70.5 Å². The minimum atomic E-state index is -0.837. The predicted octanol–water partition coefficient (Wildman–Crippen LogP) is 3.41. The van der Waals surface area contributed by atoms with Crippen LogP contribution in [-0.4, -0.2) is 30.7 Å². The Kier molecular flexibility index (Phi) is 4.27. The predicted molar refractivity (Wildman–Crippen MR) is 108 cm³/mol. The molecule has 0 unspecified atom stereocenters. The van der Waals surface area contributed by atoms with Crippen LogP contribution < -0.4 is 5.56 Å². The third-order valence-corrected chi connectivity index (χ3v) is 5.66. The van der Waals surface area contributed by atoms with E-state index in [0.717, 1.165) is 0 Å². The maximum absolute atomic E-state index is 13.9. The van der Waals surface area contributed by atoms with Gasteiger partial charge in [0.15, 0.2) is 11.3 Å². The highest BCUT2D eigenvalue weighted by molar-refractivity contribution is 5.91. The van der Waals surface area contributed by atoms with Crippen LogP contribution in [0.4, 0.5) is 4.39 Å². The van der Waals surface area contributed by atoms with E-state index >= 15 is 0 Å². The lowest BCUT2D eigenvalue weighted by atomic mass is 10.0. The van der Waals surface area contributed by atoms with Crippen molar-refractivity contribution < 1.29 is 14.3 Å². The van der Waals surface area contributed by atoms with Crippen LogP contribution in [0.15, 0.2) is 53.3 Å². The molecule has 0 amide bonds. The Balaban J connectivity index is 1.79. The molecular formula is C22H17FN4O3. The molecule has 1 N–H and O–H groups in total. The second-order valence-corrected chi connectivity index (χ2v) is 7.54. The van der Waals surface area contributed by atoms with Gasteiger partial charge in [0.05, 0.1) is 11.4 Å². The molecule has 1 saturated carbocycles. The van der Waals surface area contributed by atoms with E-state index in [1.54, 1.807) is 12.1 Å². The fraction of sp³-hybridized carbons (Fsp3) is 0.227. The molecule has 30 heavy (non-hydrogen) atoms. The van der Waals surface area contributed by atoms with Gasteiger partial charge in [0.2, 0.25) is 0 Å². The molecule has 0 bridgehead atoms. The standard InChI is InChI=1S/C22H17FN4O3/c23-15-8-9-16-17(11-15)24-19(13-6-7-14(10-13)22(29)30)27-20(16)25-21(28)18(26-27)12-4-2-1-3-5-12/h1-5,8-9,11,13-14H,6-7,10H2,(H,29,30)/t13-,14+/m0/s1. The van der Waals surface area contributed by atoms with Gasteiger partial charge in [0, 0.05) is 22.9 Å². The molecule has 8 heteroatoms. The Morgan fingerprint density at radius 2 is 1.90 bits per heavy atom. The summed E-state index contributed by atoms with van der Waals surface area (Å²) in [5.74, 6) is -1.43. The molecule has 0 spiro atoms. The van der Waals surface area contributed by atoms with Crippen LogP contribution in [0.3, 0.4) is 0 Å². The fourth-order valence-corrected chi connectivity index (χ4v) is 4.16. The van der Waals surface area contributed by atoms with Crippen molar-refractivity contribution in [1.82, 2.24) is 19.6 Å². The Bertz CT molecular complexity index is 1350. The molecule has 0 saturated heterocycles. The summed E-state index contributed by atoms with van der Waals surface area (Å²) in [5, 5.41) is 14.5. The van der Waals surface area contributed by atoms with E-state index in [2.05, 4.69) is 15.1 Å². The van der Waals surface area contributed by atoms with Crippen LogP contribution in [0.2, 0.25) is 0 Å². The normalized spacial score (nSPS) is 18.8. The topological polar surface area (TPSA) is 97.5 Å². The average molecular weight is 404 g/mol. The largest absolute Gasteiger partial charge is 0.481 e. The zero-order valence-electron chi connectivity index (χ0n) is 15.8. The summed E-state index contributed by atoms with van der Waals surface area (Å²) in [5.41, 5.74) is 0.983. The van der Waals surface area contributed by atoms with E-state index in [-0.39, 0.29) is 11.6 Å². The van der Waals surface area contributed by atoms with Gasteiger partial charge in [-0.1, -0.05) is 30.3 Å². The maximum atomic E-state index is 13.9. The number of aromatic nitrogens is 4. The first-order valence-corrected chi connectivity index (χ1v) is 9.70. The van der Waals surface area contributed by atoms with Gasteiger partial charge in [-0.15, -0.1) is 0 Å². The van der Waals surface area contributed by atoms with E-state index in [0.29, 0.717) is 47.2 Å². The van der Waals surface area contributed by atoms with Gasteiger partial charge < -0.3 is 5.11 Å². The minimum absolute atomic E-state index is 0.179. The van der Waals surface area contributed by atoms with E-state index in [1.807, 2.05) is 18.2 Å². The summed E-state index contributed by atoms with van der Waals surface area (Å²) in [4.78, 5) is 33.1. The highest BCUT2D eigenvalue weighted by Crippen LogP contribution is 2.38. The van der Waals surface area contributed by atoms with Gasteiger partial charge >= 0.3 is 5.97 Å². The molecule has 2 heterocycles. The molecule has 2 aromatic heterocycles. The van der Waals surface area contributed by atoms with Crippen LogP contribution in [0, 0.1) is 11.7 Å². The summed E-state index contributed by atoms with van der Waals surface area (Å²) in [6.45, 7) is 0. The summed E-state index contributed by atoms with van der Waals surface area (Å²) >= 11 is 0. The van der Waals surface area contributed by atoms with Crippen LogP contribution in [0.25, 0.3) is 27.8 Å². The number of halogens is 1. The van der Waals surface area contributed by atoms with Crippen LogP contribution >= 0.6 is 0 Å². The van der Waals surface area contributed by atoms with Crippen molar-refractivity contribution in [2.24, 2.45) is 5.92 Å².